The molecule has 0 amide bonds. The molecule has 0 aliphatic rings. The Bertz CT molecular complexity index is 381. The number of hydrogen-bond donors (Lipinski definition) is 1. The summed E-state index contributed by atoms with van der Waals surface area (Å²) in [7, 11) is 1.48. The smallest absolute Gasteiger partial charge is 0.160 e. The summed E-state index contributed by atoms with van der Waals surface area (Å²) in [5, 5.41) is 9.47. The summed E-state index contributed by atoms with van der Waals surface area (Å²) in [6.45, 7) is 1.91. The van der Waals surface area contributed by atoms with Gasteiger partial charge in [0.2, 0.25) is 0 Å². The number of hydrogen-bond acceptors (Lipinski definition) is 3. The van der Waals surface area contributed by atoms with E-state index >= 15 is 0 Å². The number of allylic oxidation sites excluding steroid dienone is 2. The SMILES string of the molecule is C/C=C/Cc1cc(OC)c(O)cc1C=O. The minimum atomic E-state index is -0.0103. The summed E-state index contributed by atoms with van der Waals surface area (Å²) >= 11 is 0. The fourth-order valence-corrected chi connectivity index (χ4v) is 1.32. The first kappa shape index (κ1) is 11.3. The molecule has 0 atom stereocenters. The van der Waals surface area contributed by atoms with Crippen LogP contribution < -0.4 is 4.74 Å². The highest BCUT2D eigenvalue weighted by molar-refractivity contribution is 5.79. The van der Waals surface area contributed by atoms with Gasteiger partial charge in [0.15, 0.2) is 11.5 Å². The van der Waals surface area contributed by atoms with E-state index in [1.54, 1.807) is 6.07 Å². The van der Waals surface area contributed by atoms with Gasteiger partial charge in [-0.2, -0.15) is 0 Å². The summed E-state index contributed by atoms with van der Waals surface area (Å²) < 4.78 is 4.98. The maximum atomic E-state index is 10.8. The third-order valence-corrected chi connectivity index (χ3v) is 2.14. The molecular weight excluding hydrogens is 192 g/mol. The molecule has 15 heavy (non-hydrogen) atoms. The molecule has 0 radical (unpaired) electrons. The molecule has 0 saturated carbocycles. The van der Waals surface area contributed by atoms with Crippen LogP contribution in [0.1, 0.15) is 22.8 Å². The molecule has 3 heteroatoms. The number of carbonyl (C=O) groups is 1. The van der Waals surface area contributed by atoms with Crippen LogP contribution in [-0.4, -0.2) is 18.5 Å². The normalized spacial score (nSPS) is 10.5. The topological polar surface area (TPSA) is 46.5 Å². The lowest BCUT2D eigenvalue weighted by molar-refractivity contribution is 0.112. The Labute approximate surface area is 89.0 Å². The third kappa shape index (κ3) is 2.59. The maximum Gasteiger partial charge on any atom is 0.160 e. The van der Waals surface area contributed by atoms with Crippen molar-refractivity contribution in [1.82, 2.24) is 0 Å². The Morgan fingerprint density at radius 2 is 2.20 bits per heavy atom. The molecule has 1 N–H and O–H groups in total. The van der Waals surface area contributed by atoms with Crippen LogP contribution in [0.25, 0.3) is 0 Å². The molecule has 0 spiro atoms. The molecule has 0 heterocycles. The molecule has 0 aliphatic heterocycles. The van der Waals surface area contributed by atoms with Gasteiger partial charge in [-0.05, 0) is 31.0 Å². The molecule has 1 rings (SSSR count). The number of aromatic hydroxyl groups is 1. The first-order chi connectivity index (χ1) is 7.22. The number of carbonyl (C=O) groups excluding carboxylic acids is 1. The number of aldehydes is 1. The van der Waals surface area contributed by atoms with Crippen molar-refractivity contribution >= 4 is 6.29 Å². The molecule has 0 aromatic heterocycles. The van der Waals surface area contributed by atoms with Gasteiger partial charge in [0.25, 0.3) is 0 Å². The molecule has 0 saturated heterocycles. The van der Waals surface area contributed by atoms with E-state index in [1.165, 1.54) is 13.2 Å². The van der Waals surface area contributed by atoms with Crippen LogP contribution in [-0.2, 0) is 6.42 Å². The Morgan fingerprint density at radius 3 is 2.73 bits per heavy atom. The largest absolute Gasteiger partial charge is 0.504 e. The number of benzene rings is 1. The van der Waals surface area contributed by atoms with Gasteiger partial charge in [-0.1, -0.05) is 12.2 Å². The van der Waals surface area contributed by atoms with Crippen molar-refractivity contribution in [3.8, 4) is 11.5 Å². The predicted octanol–water partition coefficient (Wildman–Crippen LogP) is 2.33. The number of phenolic OH excluding ortho intramolecular Hbond substituents is 1. The van der Waals surface area contributed by atoms with Gasteiger partial charge >= 0.3 is 0 Å². The van der Waals surface area contributed by atoms with E-state index in [4.69, 9.17) is 4.74 Å². The van der Waals surface area contributed by atoms with Crippen LogP contribution in [0.3, 0.4) is 0 Å². The first-order valence-corrected chi connectivity index (χ1v) is 4.69. The number of phenols is 1. The fourth-order valence-electron chi connectivity index (χ4n) is 1.32. The van der Waals surface area contributed by atoms with Crippen molar-refractivity contribution in [2.24, 2.45) is 0 Å². The van der Waals surface area contributed by atoms with Crippen molar-refractivity contribution in [3.05, 3.63) is 35.4 Å². The highest BCUT2D eigenvalue weighted by Crippen LogP contribution is 2.29. The lowest BCUT2D eigenvalue weighted by Crippen LogP contribution is -1.94. The first-order valence-electron chi connectivity index (χ1n) is 4.69. The highest BCUT2D eigenvalue weighted by Gasteiger charge is 2.07. The third-order valence-electron chi connectivity index (χ3n) is 2.14. The van der Waals surface area contributed by atoms with Crippen LogP contribution in [0, 0.1) is 0 Å². The van der Waals surface area contributed by atoms with E-state index in [2.05, 4.69) is 0 Å². The zero-order chi connectivity index (χ0) is 11.3. The summed E-state index contributed by atoms with van der Waals surface area (Å²) in [6, 6.07) is 3.10. The predicted molar refractivity (Wildman–Crippen MR) is 58.6 cm³/mol. The van der Waals surface area contributed by atoms with Gasteiger partial charge in [0, 0.05) is 5.56 Å². The van der Waals surface area contributed by atoms with Crippen molar-refractivity contribution in [2.45, 2.75) is 13.3 Å². The van der Waals surface area contributed by atoms with Crippen LogP contribution in [0.15, 0.2) is 24.3 Å². The molecule has 3 nitrogen and oxygen atoms in total. The molecule has 1 aromatic rings. The average molecular weight is 206 g/mol. The van der Waals surface area contributed by atoms with Gasteiger partial charge in [0.05, 0.1) is 7.11 Å². The maximum absolute atomic E-state index is 10.8. The zero-order valence-electron chi connectivity index (χ0n) is 8.86. The van der Waals surface area contributed by atoms with Gasteiger partial charge in [-0.15, -0.1) is 0 Å². The highest BCUT2D eigenvalue weighted by atomic mass is 16.5. The fraction of sp³-hybridized carbons (Fsp3) is 0.250. The molecule has 80 valence electrons. The summed E-state index contributed by atoms with van der Waals surface area (Å²) in [4.78, 5) is 10.8. The van der Waals surface area contributed by atoms with Gasteiger partial charge < -0.3 is 9.84 Å². The molecule has 0 aliphatic carbocycles. The molecule has 0 unspecified atom stereocenters. The summed E-state index contributed by atoms with van der Waals surface area (Å²) in [5.74, 6) is 0.379. The number of methoxy groups -OCH3 is 1. The van der Waals surface area contributed by atoms with Gasteiger partial charge in [0.1, 0.15) is 6.29 Å². The zero-order valence-corrected chi connectivity index (χ0v) is 8.86. The number of rotatable bonds is 4. The van der Waals surface area contributed by atoms with Crippen molar-refractivity contribution in [2.75, 3.05) is 7.11 Å². The standard InChI is InChI=1S/C12H14O3/c1-3-4-5-9-7-12(15-2)11(14)6-10(9)8-13/h3-4,6-8,14H,5H2,1-2H3/b4-3+. The second kappa shape index (κ2) is 5.20. The van der Waals surface area contributed by atoms with E-state index < -0.39 is 0 Å². The van der Waals surface area contributed by atoms with Crippen molar-refractivity contribution in [3.63, 3.8) is 0 Å². The van der Waals surface area contributed by atoms with Crippen LogP contribution >= 0.6 is 0 Å². The van der Waals surface area contributed by atoms with E-state index in [-0.39, 0.29) is 5.75 Å². The molecule has 0 bridgehead atoms. The second-order valence-corrected chi connectivity index (χ2v) is 3.11. The summed E-state index contributed by atoms with van der Waals surface area (Å²) in [5.41, 5.74) is 1.34. The Morgan fingerprint density at radius 1 is 1.47 bits per heavy atom. The van der Waals surface area contributed by atoms with E-state index in [1.807, 2.05) is 19.1 Å². The Balaban J connectivity index is 3.15. The van der Waals surface area contributed by atoms with Gasteiger partial charge in [-0.25, -0.2) is 0 Å². The molecule has 0 fully saturated rings. The number of ether oxygens (including phenoxy) is 1. The summed E-state index contributed by atoms with van der Waals surface area (Å²) in [6.07, 6.45) is 5.24. The Hall–Kier alpha value is -1.77. The lowest BCUT2D eigenvalue weighted by Gasteiger charge is -2.07. The van der Waals surface area contributed by atoms with Crippen LogP contribution in [0.5, 0.6) is 11.5 Å². The quantitative estimate of drug-likeness (QED) is 0.607. The lowest BCUT2D eigenvalue weighted by atomic mass is 10.0. The van der Waals surface area contributed by atoms with E-state index in [0.29, 0.717) is 17.7 Å². The minimum Gasteiger partial charge on any atom is -0.504 e. The van der Waals surface area contributed by atoms with Crippen molar-refractivity contribution < 1.29 is 14.6 Å². The molecular formula is C12H14O3. The van der Waals surface area contributed by atoms with Crippen molar-refractivity contribution in [1.29, 1.82) is 0 Å². The monoisotopic (exact) mass is 206 g/mol. The average Bonchev–Trinajstić information content (AvgIpc) is 2.26. The van der Waals surface area contributed by atoms with Crippen LogP contribution in [0.2, 0.25) is 0 Å². The van der Waals surface area contributed by atoms with Gasteiger partial charge in [-0.3, -0.25) is 4.79 Å². The van der Waals surface area contributed by atoms with E-state index in [0.717, 1.165) is 11.8 Å². The Kier molecular flexibility index (Phi) is 3.92. The second-order valence-electron chi connectivity index (χ2n) is 3.11. The minimum absolute atomic E-state index is 0.0103. The van der Waals surface area contributed by atoms with E-state index in [9.17, 15) is 9.90 Å². The molecule has 1 aromatic carbocycles. The van der Waals surface area contributed by atoms with Crippen LogP contribution in [0.4, 0.5) is 0 Å².